The Kier molecular flexibility index (Phi) is 39.7. The normalized spacial score (nSPS) is 15.0. The van der Waals surface area contributed by atoms with Crippen LogP contribution in [-0.4, -0.2) is 105 Å². The van der Waals surface area contributed by atoms with Crippen molar-refractivity contribution in [3.8, 4) is 0 Å². The fourth-order valence-corrected chi connectivity index (χ4v) is 22.2. The molecule has 0 spiro atoms. The summed E-state index contributed by atoms with van der Waals surface area (Å²) in [5.74, 6) is 0.414. The van der Waals surface area contributed by atoms with E-state index < -0.39 is 16.6 Å². The maximum Gasteiger partial charge on any atom is 0.338 e. The molecule has 3 heterocycles. The van der Waals surface area contributed by atoms with Crippen LogP contribution < -0.4 is 14.7 Å². The van der Waals surface area contributed by atoms with E-state index in [1.54, 1.807) is 47.7 Å². The minimum absolute atomic E-state index is 0. The number of aliphatic hydroxyl groups excluding tert-OH is 2. The van der Waals surface area contributed by atoms with Gasteiger partial charge in [-0.3, -0.25) is 0 Å². The monoisotopic (exact) mass is 1390 g/mol. The van der Waals surface area contributed by atoms with Gasteiger partial charge < -0.3 is 38.5 Å². The molecule has 3 aliphatic heterocycles. The van der Waals surface area contributed by atoms with Crippen LogP contribution in [0.2, 0.25) is 36.3 Å². The van der Waals surface area contributed by atoms with Crippen LogP contribution in [0.15, 0.2) is 103 Å². The van der Waals surface area contributed by atoms with Gasteiger partial charge in [0.05, 0.1) is 18.8 Å². The van der Waals surface area contributed by atoms with Gasteiger partial charge in [-0.15, -0.1) is 0 Å². The van der Waals surface area contributed by atoms with Crippen LogP contribution in [0.4, 0.5) is 17.1 Å². The second kappa shape index (κ2) is 42.4. The summed E-state index contributed by atoms with van der Waals surface area (Å²) < 4.78 is 18.1. The summed E-state index contributed by atoms with van der Waals surface area (Å²) in [6.45, 7) is 34.4. The molecule has 4 aromatic carbocycles. The molecule has 22 heteroatoms. The number of esters is 1. The number of aliphatic hydroxyl groups is 2. The van der Waals surface area contributed by atoms with Gasteiger partial charge in [0, 0.05) is 195 Å². The Morgan fingerprint density at radius 3 is 1.24 bits per heavy atom. The van der Waals surface area contributed by atoms with E-state index >= 15 is 0 Å². The first kappa shape index (κ1) is 78.5. The van der Waals surface area contributed by atoms with Crippen LogP contribution in [0.3, 0.4) is 0 Å². The molecule has 3 aliphatic rings. The summed E-state index contributed by atoms with van der Waals surface area (Å²) in [6.07, 6.45) is 10.3. The number of rotatable bonds is 20. The lowest BCUT2D eigenvalue weighted by Gasteiger charge is -2.36. The number of anilines is 3. The Morgan fingerprint density at radius 2 is 0.893 bits per heavy atom. The van der Waals surface area contributed by atoms with E-state index in [4.69, 9.17) is 13.6 Å². The Balaban J connectivity index is 0.000000392. The zero-order valence-electron chi connectivity index (χ0n) is 51.0. The lowest BCUT2D eigenvalue weighted by atomic mass is 9.96. The number of hydrogen-bond acceptors (Lipinski definition) is 13. The number of carbonyl (C=O) groups is 1. The smallest absolute Gasteiger partial charge is 0.338 e. The van der Waals surface area contributed by atoms with Crippen molar-refractivity contribution in [2.45, 2.75) is 168 Å². The molecule has 3 fully saturated rings. The Hall–Kier alpha value is -1.56. The summed E-state index contributed by atoms with van der Waals surface area (Å²) in [5.41, 5.74) is 8.24. The second-order valence-electron chi connectivity index (χ2n) is 24.1. The average molecular weight is 1390 g/mol. The lowest BCUT2D eigenvalue weighted by molar-refractivity contribution is 0.0467. The fourth-order valence-electron chi connectivity index (χ4n) is 9.15. The highest BCUT2D eigenvalue weighted by molar-refractivity contribution is 8.70. The summed E-state index contributed by atoms with van der Waals surface area (Å²) in [4.78, 5) is 19.4. The third-order valence-electron chi connectivity index (χ3n) is 16.4. The van der Waals surface area contributed by atoms with E-state index in [9.17, 15) is 15.0 Å². The van der Waals surface area contributed by atoms with E-state index in [0.717, 1.165) is 53.6 Å². The summed E-state index contributed by atoms with van der Waals surface area (Å²) in [5, 5.41) is 19.7. The molecular formula is C62H99N3O6S11Si2. The zero-order chi connectivity index (χ0) is 61.3. The molecule has 0 unspecified atom stereocenters. The van der Waals surface area contributed by atoms with Gasteiger partial charge in [0.1, 0.15) is 0 Å². The molecule has 4 aromatic rings. The minimum Gasteiger partial charge on any atom is -0.461 e. The SMILES string of the molecule is C.CC(C)(C)[Si](C)(C)OCC[C@@H](CO)c1ccc(N2CCCC2)cc1.C[C@H](CCO[Si](C)(C)C(C)(C)C)c1ccc(N2CCCC2)cc1.O=C(OC[C@H](CCO)c1ccc(N2CCCC2)cc1)c1ccccc1.S=S=S.S=S=S=S=S=S=S=S. The van der Waals surface area contributed by atoms with Crippen molar-refractivity contribution >= 4 is 147 Å². The molecule has 2 N–H and O–H groups in total. The van der Waals surface area contributed by atoms with Gasteiger partial charge in [0.25, 0.3) is 0 Å². The molecule has 0 amide bonds. The van der Waals surface area contributed by atoms with Crippen LogP contribution >= 0.6 is 0 Å². The molecule has 0 bridgehead atoms. The van der Waals surface area contributed by atoms with Crippen molar-refractivity contribution in [2.24, 2.45) is 0 Å². The van der Waals surface area contributed by atoms with Gasteiger partial charge in [-0.2, -0.15) is 0 Å². The summed E-state index contributed by atoms with van der Waals surface area (Å²) in [6, 6.07) is 35.4. The van der Waals surface area contributed by atoms with Crippen LogP contribution in [0.25, 0.3) is 0 Å². The van der Waals surface area contributed by atoms with Crippen molar-refractivity contribution in [2.75, 3.05) is 87.0 Å². The first-order valence-electron chi connectivity index (χ1n) is 29.0. The molecule has 0 radical (unpaired) electrons. The number of nitrogens with zero attached hydrogens (tertiary/aromatic N) is 3. The molecular weight excluding hydrogens is 1290 g/mol. The van der Waals surface area contributed by atoms with Crippen molar-refractivity contribution in [3.63, 3.8) is 0 Å². The first-order chi connectivity index (χ1) is 39.6. The van der Waals surface area contributed by atoms with E-state index in [1.165, 1.54) is 111 Å². The largest absolute Gasteiger partial charge is 0.461 e. The first-order valence-corrected chi connectivity index (χ1v) is 46.8. The second-order valence-corrected chi connectivity index (χ2v) is 46.1. The maximum absolute atomic E-state index is 12.1. The Bertz CT molecular complexity index is 2750. The third kappa shape index (κ3) is 28.9. The van der Waals surface area contributed by atoms with Gasteiger partial charge in [-0.05, 0) is 165 Å². The molecule has 7 rings (SSSR count). The van der Waals surface area contributed by atoms with Gasteiger partial charge in [-0.1, -0.05) is 110 Å². The third-order valence-corrected chi connectivity index (χ3v) is 36.6. The molecule has 0 aliphatic carbocycles. The van der Waals surface area contributed by atoms with Gasteiger partial charge >= 0.3 is 5.97 Å². The molecule has 3 saturated heterocycles. The average Bonchev–Trinajstić information content (AvgIpc) is 4.45. The Labute approximate surface area is 549 Å². The number of ether oxygens (including phenoxy) is 1. The van der Waals surface area contributed by atoms with Crippen LogP contribution in [-0.2, 0) is 121 Å². The molecule has 0 saturated carbocycles. The Morgan fingerprint density at radius 1 is 0.536 bits per heavy atom. The molecule has 0 aromatic heterocycles. The van der Waals surface area contributed by atoms with Crippen molar-refractivity contribution in [1.82, 2.24) is 0 Å². The predicted octanol–water partition coefficient (Wildman–Crippen LogP) is 14.8. The standard InChI is InChI=1S/C21H25NO3.C20H35NO2Si.C20H35NOSi.CH4.S8.S3/c23-15-12-19(16-25-21(24)18-6-2-1-3-7-18)17-8-10-20(11-9-17)22-13-4-5-14-22;1-20(2,3)24(4,5)23-15-12-18(16-22)17-8-10-19(11-9-17)21-13-6-7-14-21;1-17(13-16-22-23(5,6)20(2,3)4)18-9-11-19(12-10-18)21-14-7-8-15-21;;1-3-5-7-8-6-4-2;1-3-2/h1-3,6-11,19,23H,4-5,12-16H2;8-11,18,22H,6-7,12-16H2,1-5H3;9-12,17H,7-8,13-16H2,1-6H3;1H4;;/t19-;18-;17-;;;/m001.../s1. The van der Waals surface area contributed by atoms with E-state index in [0.29, 0.717) is 22.9 Å². The number of carbonyl (C=O) groups excluding carboxylic acids is 1. The molecule has 84 heavy (non-hydrogen) atoms. The maximum atomic E-state index is 12.1. The van der Waals surface area contributed by atoms with Crippen LogP contribution in [0.5, 0.6) is 0 Å². The van der Waals surface area contributed by atoms with Crippen molar-refractivity contribution in [1.29, 1.82) is 0 Å². The number of benzene rings is 4. The highest BCUT2D eigenvalue weighted by Gasteiger charge is 2.38. The zero-order valence-corrected chi connectivity index (χ0v) is 62.0. The van der Waals surface area contributed by atoms with Gasteiger partial charge in [-0.25, -0.2) is 4.79 Å². The summed E-state index contributed by atoms with van der Waals surface area (Å²) >= 11 is 17.5. The van der Waals surface area contributed by atoms with Crippen LogP contribution in [0, 0.1) is 0 Å². The topological polar surface area (TPSA) is 94.9 Å². The predicted molar refractivity (Wildman–Crippen MR) is 396 cm³/mol. The van der Waals surface area contributed by atoms with Crippen molar-refractivity contribution < 1.29 is 28.6 Å². The van der Waals surface area contributed by atoms with Gasteiger partial charge in [0.2, 0.25) is 0 Å². The highest BCUT2D eigenvalue weighted by Crippen LogP contribution is 2.38. The van der Waals surface area contributed by atoms with Gasteiger partial charge in [0.15, 0.2) is 16.6 Å². The van der Waals surface area contributed by atoms with E-state index in [2.05, 4.69) is 207 Å². The minimum atomic E-state index is -1.70. The lowest BCUT2D eigenvalue weighted by Crippen LogP contribution is -2.41. The van der Waals surface area contributed by atoms with E-state index in [-0.39, 0.29) is 50.1 Å². The van der Waals surface area contributed by atoms with E-state index in [1.807, 2.05) is 18.2 Å². The van der Waals surface area contributed by atoms with Crippen molar-refractivity contribution in [3.05, 3.63) is 125 Å². The molecule has 472 valence electrons. The molecule has 9 nitrogen and oxygen atoms in total. The summed E-state index contributed by atoms with van der Waals surface area (Å²) in [7, 11) is 6.73. The fraction of sp³-hybridized carbons (Fsp3) is 0.597. The quantitative estimate of drug-likeness (QED) is 0.0650. The molecule has 3 atom stereocenters. The number of hydrogen-bond donors (Lipinski definition) is 2. The van der Waals surface area contributed by atoms with Crippen LogP contribution in [0.1, 0.15) is 158 Å². The highest BCUT2D eigenvalue weighted by atomic mass is 33.4.